The Hall–Kier alpha value is -0.220. The van der Waals surface area contributed by atoms with Crippen molar-refractivity contribution in [2.75, 3.05) is 19.8 Å². The Balaban J connectivity index is 4.57. The summed E-state index contributed by atoms with van der Waals surface area (Å²) < 4.78 is 23.9. The van der Waals surface area contributed by atoms with Crippen LogP contribution in [0.4, 0.5) is 0 Å². The number of rotatable bonds is 25. The molecule has 0 aliphatic heterocycles. The van der Waals surface area contributed by atoms with Crippen molar-refractivity contribution in [3.05, 3.63) is 0 Å². The van der Waals surface area contributed by atoms with Crippen LogP contribution in [0.2, 0.25) is 0 Å². The maximum atomic E-state index is 11.9. The van der Waals surface area contributed by atoms with E-state index in [-0.39, 0.29) is 5.97 Å². The molecule has 0 aromatic heterocycles. The van der Waals surface area contributed by atoms with Gasteiger partial charge in [-0.2, -0.15) is 0 Å². The standard InChI is InChI=1S/C26H55O5P/c1-5-8-11-14-17-20-23-28-32(31-26(4)27,29-24-21-18-15-12-9-6-2)30-25-22-19-16-13-10-7-3/h32H,5-25H2,1-4H3. The summed E-state index contributed by atoms with van der Waals surface area (Å²) in [6.07, 6.45) is 21.3. The van der Waals surface area contributed by atoms with E-state index in [1.807, 2.05) is 0 Å². The van der Waals surface area contributed by atoms with Crippen molar-refractivity contribution in [2.45, 2.75) is 143 Å². The molecule has 0 N–H and O–H groups in total. The van der Waals surface area contributed by atoms with Crippen molar-refractivity contribution < 1.29 is 22.9 Å². The van der Waals surface area contributed by atoms with Crippen molar-refractivity contribution in [2.24, 2.45) is 0 Å². The normalized spacial score (nSPS) is 12.2. The predicted molar refractivity (Wildman–Crippen MR) is 138 cm³/mol. The summed E-state index contributed by atoms with van der Waals surface area (Å²) in [5.74, 6) is -0.384. The minimum absolute atomic E-state index is 0.384. The molecule has 0 rings (SSSR count). The van der Waals surface area contributed by atoms with Crippen molar-refractivity contribution >= 4 is 14.1 Å². The van der Waals surface area contributed by atoms with Gasteiger partial charge in [0.15, 0.2) is 0 Å². The quantitative estimate of drug-likeness (QED) is 0.0967. The van der Waals surface area contributed by atoms with Crippen molar-refractivity contribution in [3.8, 4) is 0 Å². The molecule has 0 fully saturated rings. The van der Waals surface area contributed by atoms with Crippen LogP contribution >= 0.6 is 8.17 Å². The van der Waals surface area contributed by atoms with E-state index >= 15 is 0 Å². The van der Waals surface area contributed by atoms with Crippen LogP contribution < -0.4 is 0 Å². The molecule has 6 heteroatoms. The molecule has 0 aliphatic rings. The van der Waals surface area contributed by atoms with Crippen LogP contribution in [-0.2, 0) is 22.9 Å². The van der Waals surface area contributed by atoms with E-state index in [2.05, 4.69) is 20.8 Å². The third kappa shape index (κ3) is 20.4. The zero-order valence-electron chi connectivity index (χ0n) is 21.9. The Morgan fingerprint density at radius 1 is 0.500 bits per heavy atom. The van der Waals surface area contributed by atoms with Crippen LogP contribution in [0.1, 0.15) is 143 Å². The Labute approximate surface area is 200 Å². The molecule has 0 aliphatic carbocycles. The molecule has 5 nitrogen and oxygen atoms in total. The summed E-state index contributed by atoms with van der Waals surface area (Å²) in [6.45, 7) is 9.67. The van der Waals surface area contributed by atoms with Gasteiger partial charge in [-0.05, 0) is 0 Å². The molecule has 0 radical (unpaired) electrons. The zero-order valence-corrected chi connectivity index (χ0v) is 22.9. The molecular formula is C26H55O5P. The minimum atomic E-state index is -3.43. The number of carbonyl (C=O) groups is 1. The summed E-state index contributed by atoms with van der Waals surface area (Å²) in [5, 5.41) is 0. The fraction of sp³-hybridized carbons (Fsp3) is 0.962. The van der Waals surface area contributed by atoms with Gasteiger partial charge in [-0.25, -0.2) is 0 Å². The summed E-state index contributed by atoms with van der Waals surface area (Å²) in [7, 11) is -3.43. The topological polar surface area (TPSA) is 54.0 Å². The van der Waals surface area contributed by atoms with Crippen molar-refractivity contribution in [1.82, 2.24) is 0 Å². The van der Waals surface area contributed by atoms with E-state index < -0.39 is 8.17 Å². The van der Waals surface area contributed by atoms with E-state index in [9.17, 15) is 4.79 Å². The van der Waals surface area contributed by atoms with Crippen LogP contribution in [0.25, 0.3) is 0 Å². The van der Waals surface area contributed by atoms with Crippen LogP contribution in [-0.4, -0.2) is 25.8 Å². The second kappa shape index (κ2) is 23.9. The molecule has 0 heterocycles. The Morgan fingerprint density at radius 2 is 0.781 bits per heavy atom. The second-order valence-corrected chi connectivity index (χ2v) is 11.0. The van der Waals surface area contributed by atoms with Gasteiger partial charge in [-0.3, -0.25) is 0 Å². The van der Waals surface area contributed by atoms with Crippen LogP contribution in [0.3, 0.4) is 0 Å². The monoisotopic (exact) mass is 478 g/mol. The first-order chi connectivity index (χ1) is 15.6. The van der Waals surface area contributed by atoms with Gasteiger partial charge in [0.1, 0.15) is 0 Å². The van der Waals surface area contributed by atoms with Gasteiger partial charge in [0.05, 0.1) is 0 Å². The fourth-order valence-corrected chi connectivity index (χ4v) is 5.59. The summed E-state index contributed by atoms with van der Waals surface area (Å²) >= 11 is 0. The molecule has 194 valence electrons. The third-order valence-electron chi connectivity index (χ3n) is 5.60. The number of hydrogen-bond acceptors (Lipinski definition) is 5. The molecule has 0 aromatic carbocycles. The molecule has 0 spiro atoms. The van der Waals surface area contributed by atoms with Gasteiger partial charge in [0.25, 0.3) is 0 Å². The average molecular weight is 479 g/mol. The van der Waals surface area contributed by atoms with Crippen LogP contribution in [0.15, 0.2) is 0 Å². The Kier molecular flexibility index (Phi) is 23.8. The maximum absolute atomic E-state index is 11.9. The van der Waals surface area contributed by atoms with Gasteiger partial charge in [-0.15, -0.1) is 0 Å². The van der Waals surface area contributed by atoms with E-state index in [0.29, 0.717) is 19.8 Å². The number of carbonyl (C=O) groups excluding carboxylic acids is 1. The molecular weight excluding hydrogens is 423 g/mol. The third-order valence-corrected chi connectivity index (χ3v) is 7.81. The van der Waals surface area contributed by atoms with Gasteiger partial charge in [0.2, 0.25) is 0 Å². The zero-order chi connectivity index (χ0) is 23.8. The van der Waals surface area contributed by atoms with Crippen LogP contribution in [0, 0.1) is 0 Å². The molecule has 0 bridgehead atoms. The van der Waals surface area contributed by atoms with Crippen molar-refractivity contribution in [3.63, 3.8) is 0 Å². The number of hydrogen-bond donors (Lipinski definition) is 0. The Bertz CT molecular complexity index is 360. The van der Waals surface area contributed by atoms with Crippen LogP contribution in [0.5, 0.6) is 0 Å². The summed E-state index contributed by atoms with van der Waals surface area (Å²) in [6, 6.07) is 0. The first kappa shape index (κ1) is 31.8. The van der Waals surface area contributed by atoms with E-state index in [0.717, 1.165) is 38.5 Å². The molecule has 0 saturated heterocycles. The first-order valence-corrected chi connectivity index (χ1v) is 15.3. The average Bonchev–Trinajstić information content (AvgIpc) is 2.77. The van der Waals surface area contributed by atoms with E-state index in [1.54, 1.807) is 0 Å². The number of unbranched alkanes of at least 4 members (excludes halogenated alkanes) is 15. The van der Waals surface area contributed by atoms with E-state index in [1.165, 1.54) is 84.0 Å². The Morgan fingerprint density at radius 3 is 1.06 bits per heavy atom. The van der Waals surface area contributed by atoms with Gasteiger partial charge >= 0.3 is 200 Å². The molecule has 0 unspecified atom stereocenters. The second-order valence-electron chi connectivity index (χ2n) is 8.94. The van der Waals surface area contributed by atoms with E-state index in [4.69, 9.17) is 18.1 Å². The fourth-order valence-electron chi connectivity index (χ4n) is 3.63. The van der Waals surface area contributed by atoms with Gasteiger partial charge in [-0.1, -0.05) is 0 Å². The molecule has 32 heavy (non-hydrogen) atoms. The SMILES string of the molecule is CCCCCCCCO[PH](OCCCCCCCC)(OCCCCCCCC)OC(C)=O. The first-order valence-electron chi connectivity index (χ1n) is 13.7. The molecule has 0 amide bonds. The summed E-state index contributed by atoms with van der Waals surface area (Å²) in [4.78, 5) is 11.9. The van der Waals surface area contributed by atoms with Gasteiger partial charge in [0, 0.05) is 0 Å². The predicted octanol–water partition coefficient (Wildman–Crippen LogP) is 9.09. The van der Waals surface area contributed by atoms with Crippen molar-refractivity contribution in [1.29, 1.82) is 0 Å². The van der Waals surface area contributed by atoms with Gasteiger partial charge < -0.3 is 0 Å². The molecule has 0 atom stereocenters. The molecule has 0 aromatic rings. The summed E-state index contributed by atoms with van der Waals surface area (Å²) in [5.41, 5.74) is 0. The molecule has 0 saturated carbocycles.